The quantitative estimate of drug-likeness (QED) is 0.194. The van der Waals surface area contributed by atoms with Crippen molar-refractivity contribution in [2.24, 2.45) is 7.05 Å². The monoisotopic (exact) mass is 691 g/mol. The molecular formula is C40H45N5O6. The first-order valence-electron chi connectivity index (χ1n) is 17.0. The number of alkyl carbamates (subject to hydrolysis) is 1. The zero-order valence-corrected chi connectivity index (χ0v) is 29.9. The Morgan fingerprint density at radius 1 is 1.02 bits per heavy atom. The van der Waals surface area contributed by atoms with Crippen molar-refractivity contribution in [2.45, 2.75) is 71.1 Å². The van der Waals surface area contributed by atoms with Crippen LogP contribution in [-0.4, -0.2) is 69.0 Å². The van der Waals surface area contributed by atoms with Gasteiger partial charge in [0.2, 0.25) is 11.8 Å². The highest BCUT2D eigenvalue weighted by atomic mass is 16.6. The van der Waals surface area contributed by atoms with Gasteiger partial charge < -0.3 is 30.1 Å². The molecule has 11 heteroatoms. The first-order valence-corrected chi connectivity index (χ1v) is 17.0. The largest absolute Gasteiger partial charge is 0.507 e. The maximum Gasteiger partial charge on any atom is 0.408 e. The average molecular weight is 692 g/mol. The van der Waals surface area contributed by atoms with Crippen LogP contribution in [0.25, 0.3) is 11.3 Å². The van der Waals surface area contributed by atoms with E-state index < -0.39 is 23.8 Å². The highest BCUT2D eigenvalue weighted by molar-refractivity contribution is 5.98. The molecule has 11 nitrogen and oxygen atoms in total. The Labute approximate surface area is 299 Å². The van der Waals surface area contributed by atoms with Gasteiger partial charge in [0, 0.05) is 43.0 Å². The van der Waals surface area contributed by atoms with E-state index in [1.807, 2.05) is 43.3 Å². The van der Waals surface area contributed by atoms with Crippen LogP contribution in [0.15, 0.2) is 72.9 Å². The SMILES string of the molecule is COc1ccc(C[C@H](NC(=O)OC(C)(C)C)C(=O)N2CCCCC2C(=O)Nc2ccc(C#Cc3cn(C)nc3-c3cc(C)ccc3O)cc2)cc1. The van der Waals surface area contributed by atoms with Crippen LogP contribution < -0.4 is 15.4 Å². The minimum absolute atomic E-state index is 0.132. The average Bonchev–Trinajstić information content (AvgIpc) is 3.47. The molecule has 0 saturated carbocycles. The number of anilines is 1. The molecule has 1 aromatic heterocycles. The number of phenolic OH excluding ortho intramolecular Hbond substituents is 1. The van der Waals surface area contributed by atoms with Gasteiger partial charge in [0.25, 0.3) is 0 Å². The van der Waals surface area contributed by atoms with Crippen LogP contribution in [0.2, 0.25) is 0 Å². The molecule has 3 N–H and O–H groups in total. The molecule has 1 fully saturated rings. The van der Waals surface area contributed by atoms with Crippen LogP contribution in [0.5, 0.6) is 11.5 Å². The van der Waals surface area contributed by atoms with E-state index in [0.29, 0.717) is 41.2 Å². The van der Waals surface area contributed by atoms with Crippen LogP contribution in [0, 0.1) is 18.8 Å². The number of carbonyl (C=O) groups is 3. The molecule has 1 aliphatic heterocycles. The van der Waals surface area contributed by atoms with Gasteiger partial charge in [0.1, 0.15) is 34.9 Å². The number of likely N-dealkylation sites (tertiary alicyclic amines) is 1. The van der Waals surface area contributed by atoms with Gasteiger partial charge >= 0.3 is 6.09 Å². The van der Waals surface area contributed by atoms with Crippen LogP contribution in [0.1, 0.15) is 62.3 Å². The number of methoxy groups -OCH3 is 1. The highest BCUT2D eigenvalue weighted by Crippen LogP contribution is 2.31. The minimum atomic E-state index is -0.949. The van der Waals surface area contributed by atoms with E-state index in [9.17, 15) is 19.5 Å². The van der Waals surface area contributed by atoms with Crippen molar-refractivity contribution < 1.29 is 29.0 Å². The van der Waals surface area contributed by atoms with Gasteiger partial charge in [-0.25, -0.2) is 4.79 Å². The Morgan fingerprint density at radius 2 is 1.75 bits per heavy atom. The Kier molecular flexibility index (Phi) is 11.3. The molecule has 0 aliphatic carbocycles. The second kappa shape index (κ2) is 15.9. The first-order chi connectivity index (χ1) is 24.3. The summed E-state index contributed by atoms with van der Waals surface area (Å²) in [4.78, 5) is 42.2. The first kappa shape index (κ1) is 36.5. The molecule has 5 rings (SSSR count). The van der Waals surface area contributed by atoms with E-state index in [1.54, 1.807) is 81.0 Å². The molecule has 3 aromatic carbocycles. The van der Waals surface area contributed by atoms with Gasteiger partial charge in [-0.05, 0) is 101 Å². The fraction of sp³-hybridized carbons (Fsp3) is 0.350. The number of piperidine rings is 1. The third-order valence-electron chi connectivity index (χ3n) is 8.41. The summed E-state index contributed by atoms with van der Waals surface area (Å²) in [7, 11) is 3.38. The van der Waals surface area contributed by atoms with Crippen molar-refractivity contribution >= 4 is 23.6 Å². The Hall–Kier alpha value is -5.76. The molecule has 3 amide bonds. The van der Waals surface area contributed by atoms with Crippen molar-refractivity contribution in [1.29, 1.82) is 0 Å². The number of benzene rings is 3. The third kappa shape index (κ3) is 9.69. The normalized spacial score (nSPS) is 14.9. The van der Waals surface area contributed by atoms with Crippen LogP contribution in [-0.2, 0) is 27.8 Å². The van der Waals surface area contributed by atoms with Gasteiger partial charge in [-0.1, -0.05) is 35.6 Å². The number of aromatic hydroxyl groups is 1. The topological polar surface area (TPSA) is 135 Å². The van der Waals surface area contributed by atoms with Gasteiger partial charge in [-0.2, -0.15) is 5.10 Å². The van der Waals surface area contributed by atoms with Gasteiger partial charge in [0.15, 0.2) is 0 Å². The van der Waals surface area contributed by atoms with E-state index in [-0.39, 0.29) is 24.0 Å². The van der Waals surface area contributed by atoms with Gasteiger partial charge in [-0.3, -0.25) is 14.3 Å². The summed E-state index contributed by atoms with van der Waals surface area (Å²) in [5.74, 6) is 6.47. The van der Waals surface area contributed by atoms with Crippen molar-refractivity contribution in [3.8, 4) is 34.6 Å². The molecule has 1 aliphatic rings. The van der Waals surface area contributed by atoms with Crippen molar-refractivity contribution in [3.05, 3.63) is 95.2 Å². The second-order valence-electron chi connectivity index (χ2n) is 13.7. The number of hydrogen-bond acceptors (Lipinski definition) is 7. The fourth-order valence-electron chi connectivity index (χ4n) is 5.94. The van der Waals surface area contributed by atoms with Crippen molar-refractivity contribution in [2.75, 3.05) is 19.0 Å². The number of ether oxygens (including phenoxy) is 2. The second-order valence-corrected chi connectivity index (χ2v) is 13.7. The van der Waals surface area contributed by atoms with Crippen LogP contribution >= 0.6 is 0 Å². The van der Waals surface area contributed by atoms with Gasteiger partial charge in [-0.15, -0.1) is 0 Å². The molecule has 4 aromatic rings. The zero-order valence-electron chi connectivity index (χ0n) is 29.9. The summed E-state index contributed by atoms with van der Waals surface area (Å²) in [5, 5.41) is 20.7. The maximum absolute atomic E-state index is 14.1. The van der Waals surface area contributed by atoms with Crippen LogP contribution in [0.3, 0.4) is 0 Å². The lowest BCUT2D eigenvalue weighted by Crippen LogP contribution is -2.57. The van der Waals surface area contributed by atoms with Gasteiger partial charge in [0.05, 0.1) is 12.7 Å². The molecule has 1 saturated heterocycles. The molecule has 0 radical (unpaired) electrons. The Bertz CT molecular complexity index is 1930. The number of aryl methyl sites for hydroxylation is 2. The van der Waals surface area contributed by atoms with E-state index in [1.165, 1.54) is 0 Å². The summed E-state index contributed by atoms with van der Waals surface area (Å²) < 4.78 is 12.4. The van der Waals surface area contributed by atoms with E-state index in [4.69, 9.17) is 9.47 Å². The lowest BCUT2D eigenvalue weighted by Gasteiger charge is -2.37. The van der Waals surface area contributed by atoms with E-state index in [2.05, 4.69) is 27.6 Å². The number of nitrogens with zero attached hydrogens (tertiary/aromatic N) is 3. The standard InChI is InChI=1S/C40H45N5O6/c1-26-10-21-35(46)32(23-26)36-29(25-44(5)43-36)16-11-27-12-17-30(18-13-27)41-37(47)34-9-7-8-22-45(34)38(48)33(42-39(49)51-40(2,3)4)24-28-14-19-31(50-6)20-15-28/h10,12-15,17-21,23,25,33-34,46H,7-9,22,24H2,1-6H3,(H,41,47)(H,42,49)/t33-,34?/m0/s1. The Balaban J connectivity index is 1.30. The molecule has 266 valence electrons. The molecule has 1 unspecified atom stereocenters. The predicted octanol–water partition coefficient (Wildman–Crippen LogP) is 5.97. The molecule has 2 heterocycles. The van der Waals surface area contributed by atoms with Crippen molar-refractivity contribution in [3.63, 3.8) is 0 Å². The number of rotatable bonds is 8. The summed E-state index contributed by atoms with van der Waals surface area (Å²) in [5.41, 5.74) is 4.23. The lowest BCUT2D eigenvalue weighted by atomic mass is 9.98. The van der Waals surface area contributed by atoms with E-state index in [0.717, 1.165) is 29.5 Å². The number of phenols is 1. The molecule has 2 atom stereocenters. The smallest absolute Gasteiger partial charge is 0.408 e. The summed E-state index contributed by atoms with van der Waals surface area (Å²) in [6.07, 6.45) is 3.33. The predicted molar refractivity (Wildman–Crippen MR) is 195 cm³/mol. The maximum atomic E-state index is 14.1. The zero-order chi connectivity index (χ0) is 36.7. The lowest BCUT2D eigenvalue weighted by molar-refractivity contribution is -0.142. The van der Waals surface area contributed by atoms with Crippen LogP contribution in [0.4, 0.5) is 10.5 Å². The molecule has 0 spiro atoms. The number of aromatic nitrogens is 2. The van der Waals surface area contributed by atoms with E-state index >= 15 is 0 Å². The third-order valence-corrected chi connectivity index (χ3v) is 8.41. The number of hydrogen-bond donors (Lipinski definition) is 3. The molecular weight excluding hydrogens is 646 g/mol. The summed E-state index contributed by atoms with van der Waals surface area (Å²) >= 11 is 0. The fourth-order valence-corrected chi connectivity index (χ4v) is 5.94. The number of carbonyl (C=O) groups excluding carboxylic acids is 3. The minimum Gasteiger partial charge on any atom is -0.507 e. The molecule has 51 heavy (non-hydrogen) atoms. The van der Waals surface area contributed by atoms with Crippen molar-refractivity contribution in [1.82, 2.24) is 20.0 Å². The summed E-state index contributed by atoms with van der Waals surface area (Å²) in [6.45, 7) is 7.61. The number of nitrogens with one attached hydrogen (secondary N) is 2. The highest BCUT2D eigenvalue weighted by Gasteiger charge is 2.37. The Morgan fingerprint density at radius 3 is 2.43 bits per heavy atom. The number of amides is 3. The summed E-state index contributed by atoms with van der Waals surface area (Å²) in [6, 6.07) is 18.1. The molecule has 0 bridgehead atoms.